The van der Waals surface area contributed by atoms with Gasteiger partial charge in [-0.3, -0.25) is 9.59 Å². The molecule has 15 heteroatoms. The highest BCUT2D eigenvalue weighted by Crippen LogP contribution is 2.41. The molecule has 0 aromatic carbocycles. The van der Waals surface area contributed by atoms with E-state index in [1.165, 1.54) is 0 Å². The quantitative estimate of drug-likeness (QED) is 0.136. The zero-order valence-corrected chi connectivity index (χ0v) is 21.8. The van der Waals surface area contributed by atoms with Crippen LogP contribution in [-0.2, 0) is 23.2 Å². The summed E-state index contributed by atoms with van der Waals surface area (Å²) >= 11 is 3.59. The molecule has 0 aromatic heterocycles. The van der Waals surface area contributed by atoms with E-state index < -0.39 is 19.7 Å². The van der Waals surface area contributed by atoms with Gasteiger partial charge in [0, 0.05) is 34.8 Å². The molecule has 0 radical (unpaired) electrons. The fraction of sp³-hybridized carbons (Fsp3) is 0.800. The smallest absolute Gasteiger partial charge is 0.371 e. The van der Waals surface area contributed by atoms with E-state index in [2.05, 4.69) is 21.3 Å². The van der Waals surface area contributed by atoms with Crippen LogP contribution in [0, 0.1) is 0 Å². The third-order valence-electron chi connectivity index (χ3n) is 6.57. The maximum atomic E-state index is 12.2. The van der Waals surface area contributed by atoms with Crippen molar-refractivity contribution in [1.29, 1.82) is 0 Å². The van der Waals surface area contributed by atoms with Crippen molar-refractivity contribution in [3.63, 3.8) is 0 Å². The molecule has 12 nitrogen and oxygen atoms in total. The highest BCUT2D eigenvalue weighted by molar-refractivity contribution is 8.00. The predicted octanol–water partition coefficient (Wildman–Crippen LogP) is 1.59. The van der Waals surface area contributed by atoms with Crippen molar-refractivity contribution >= 4 is 55.3 Å². The molecule has 0 spiro atoms. The maximum absolute atomic E-state index is 12.2. The number of unbranched alkanes of at least 4 members (excludes halogenated alkanes) is 2. The number of carbonyl (C=O) groups excluding carboxylic acids is 4. The minimum atomic E-state index is -4.31. The second kappa shape index (κ2) is 11.6. The van der Waals surface area contributed by atoms with E-state index in [-0.39, 0.29) is 49.1 Å². The van der Waals surface area contributed by atoms with Crippen molar-refractivity contribution in [1.82, 2.24) is 21.3 Å². The number of urea groups is 2. The number of hydrogen-bond acceptors (Lipinski definition) is 9. The van der Waals surface area contributed by atoms with E-state index in [1.54, 1.807) is 23.5 Å². The molecule has 0 unspecified atom stereocenters. The van der Waals surface area contributed by atoms with Crippen LogP contribution < -0.4 is 26.8 Å². The summed E-state index contributed by atoms with van der Waals surface area (Å²) in [5.41, 5.74) is 5.44. The number of carbonyl (C=O) groups is 4. The molecule has 4 fully saturated rings. The summed E-state index contributed by atoms with van der Waals surface area (Å²) in [6.45, 7) is 0. The van der Waals surface area contributed by atoms with Crippen LogP contribution in [0.4, 0.5) is 9.59 Å². The predicted molar refractivity (Wildman–Crippen MR) is 132 cm³/mol. The second-order valence-corrected chi connectivity index (χ2v) is 13.2. The van der Waals surface area contributed by atoms with Gasteiger partial charge in [0.15, 0.2) is 0 Å². The summed E-state index contributed by atoms with van der Waals surface area (Å²) in [7, 11) is -4.31. The summed E-state index contributed by atoms with van der Waals surface area (Å²) in [4.78, 5) is 46.9. The highest BCUT2D eigenvalue weighted by Gasteiger charge is 2.43. The molecule has 6 atom stereocenters. The first-order valence-electron chi connectivity index (χ1n) is 11.9. The molecule has 4 saturated heterocycles. The summed E-state index contributed by atoms with van der Waals surface area (Å²) in [6.07, 6.45) is 4.20. The van der Waals surface area contributed by atoms with Gasteiger partial charge in [-0.05, 0) is 25.7 Å². The van der Waals surface area contributed by atoms with E-state index >= 15 is 0 Å². The Kier molecular flexibility index (Phi) is 8.77. The number of fused-ring (bicyclic) bond motifs is 2. The molecule has 196 valence electrons. The molecule has 4 aliphatic rings. The minimum Gasteiger partial charge on any atom is -0.371 e. The molecule has 0 saturated carbocycles. The van der Waals surface area contributed by atoms with Crippen LogP contribution >= 0.6 is 31.3 Å². The number of nitrogens with two attached hydrogens (primary N) is 1. The molecule has 4 rings (SSSR count). The van der Waals surface area contributed by atoms with E-state index in [1.807, 2.05) is 0 Å². The Labute approximate surface area is 212 Å². The van der Waals surface area contributed by atoms with Crippen molar-refractivity contribution in [3.05, 3.63) is 0 Å². The molecule has 0 bridgehead atoms. The first kappa shape index (κ1) is 26.4. The van der Waals surface area contributed by atoms with Crippen molar-refractivity contribution < 1.29 is 32.8 Å². The standard InChI is InChI=1S/C20H32N5O7PS2/c21-33(30,31-15(26)7-3-1-5-13-17-11(9-34-13)22-19(28)24-17)32-16(27)8-4-2-6-14-18-12(10-35-14)23-20(29)25-18/h11-14,17-18H,1-10H2,(H2,21,30)(H2,22,24,28)(H2,23,25,29)/t11-,12-,13-,14-,17-,18-/m0/s1. The Bertz CT molecular complexity index is 830. The van der Waals surface area contributed by atoms with Crippen LogP contribution in [0.3, 0.4) is 0 Å². The second-order valence-electron chi connectivity index (χ2n) is 9.20. The van der Waals surface area contributed by atoms with Gasteiger partial charge in [0.25, 0.3) is 0 Å². The lowest BCUT2D eigenvalue weighted by Crippen LogP contribution is -2.36. The van der Waals surface area contributed by atoms with Crippen LogP contribution in [0.25, 0.3) is 0 Å². The number of hydrogen-bond donors (Lipinski definition) is 5. The van der Waals surface area contributed by atoms with E-state index in [0.717, 1.165) is 37.2 Å². The van der Waals surface area contributed by atoms with Crippen molar-refractivity contribution in [2.45, 2.75) is 86.0 Å². The molecule has 0 aromatic rings. The number of amides is 4. The average molecular weight is 550 g/mol. The molecular formula is C20H32N5O7PS2. The van der Waals surface area contributed by atoms with Crippen LogP contribution in [0.5, 0.6) is 0 Å². The van der Waals surface area contributed by atoms with Crippen molar-refractivity contribution in [2.75, 3.05) is 11.5 Å². The monoisotopic (exact) mass is 549 g/mol. The van der Waals surface area contributed by atoms with Gasteiger partial charge >= 0.3 is 31.7 Å². The SMILES string of the molecule is NP(=O)(OC(=O)CCCC[C@@H]1SC[C@@H]2NC(=O)N[C@@H]21)OC(=O)CCCC[C@@H]1SC[C@@H]2NC(=O)N[C@@H]21. The van der Waals surface area contributed by atoms with Gasteiger partial charge in [0.2, 0.25) is 0 Å². The van der Waals surface area contributed by atoms with E-state index in [0.29, 0.717) is 23.3 Å². The summed E-state index contributed by atoms with van der Waals surface area (Å²) in [6, 6.07) is 0.257. The fourth-order valence-corrected chi connectivity index (χ4v) is 8.78. The fourth-order valence-electron chi connectivity index (χ4n) is 4.91. The Morgan fingerprint density at radius 2 is 1.23 bits per heavy atom. The van der Waals surface area contributed by atoms with Gasteiger partial charge in [-0.15, -0.1) is 0 Å². The molecule has 4 heterocycles. The Morgan fingerprint density at radius 3 is 1.66 bits per heavy atom. The lowest BCUT2D eigenvalue weighted by atomic mass is 10.0. The Hall–Kier alpha value is -1.63. The molecular weight excluding hydrogens is 517 g/mol. The third-order valence-corrected chi connectivity index (χ3v) is 10.5. The van der Waals surface area contributed by atoms with Crippen LogP contribution in [0.1, 0.15) is 51.4 Å². The van der Waals surface area contributed by atoms with Crippen LogP contribution in [-0.4, -0.2) is 70.2 Å². The van der Waals surface area contributed by atoms with Crippen molar-refractivity contribution in [2.24, 2.45) is 5.50 Å². The maximum Gasteiger partial charge on any atom is 0.514 e. The zero-order valence-electron chi connectivity index (χ0n) is 19.2. The first-order chi connectivity index (χ1) is 16.7. The van der Waals surface area contributed by atoms with Gasteiger partial charge in [0.05, 0.1) is 24.2 Å². The summed E-state index contributed by atoms with van der Waals surface area (Å²) in [5, 5.41) is 12.2. The summed E-state index contributed by atoms with van der Waals surface area (Å²) < 4.78 is 21.7. The van der Waals surface area contributed by atoms with Crippen molar-refractivity contribution in [3.8, 4) is 0 Å². The normalized spacial score (nSPS) is 31.1. The number of nitrogens with one attached hydrogen (secondary N) is 4. The van der Waals surface area contributed by atoms with E-state index in [9.17, 15) is 23.7 Å². The molecule has 0 aliphatic carbocycles. The summed E-state index contributed by atoms with van der Waals surface area (Å²) in [5.74, 6) is 0.204. The Morgan fingerprint density at radius 1 is 0.800 bits per heavy atom. The zero-order chi connectivity index (χ0) is 25.0. The van der Waals surface area contributed by atoms with Gasteiger partial charge in [-0.25, -0.2) is 19.7 Å². The third kappa shape index (κ3) is 7.21. The lowest BCUT2D eigenvalue weighted by Gasteiger charge is -2.17. The number of rotatable bonds is 12. The molecule has 6 N–H and O–H groups in total. The molecule has 4 aliphatic heterocycles. The topological polar surface area (TPSA) is 178 Å². The van der Waals surface area contributed by atoms with Gasteiger partial charge < -0.3 is 30.3 Å². The van der Waals surface area contributed by atoms with Gasteiger partial charge in [-0.1, -0.05) is 12.8 Å². The highest BCUT2D eigenvalue weighted by atomic mass is 32.2. The van der Waals surface area contributed by atoms with Gasteiger partial charge in [-0.2, -0.15) is 23.5 Å². The van der Waals surface area contributed by atoms with Crippen LogP contribution in [0.2, 0.25) is 0 Å². The Balaban J connectivity index is 1.05. The lowest BCUT2D eigenvalue weighted by molar-refractivity contribution is -0.138. The number of thioether (sulfide) groups is 2. The van der Waals surface area contributed by atoms with Gasteiger partial charge in [0.1, 0.15) is 0 Å². The average Bonchev–Trinajstić information content (AvgIpc) is 3.50. The van der Waals surface area contributed by atoms with Crippen LogP contribution in [0.15, 0.2) is 0 Å². The minimum absolute atomic E-state index is 0.0153. The van der Waals surface area contributed by atoms with E-state index in [4.69, 9.17) is 14.6 Å². The molecule has 35 heavy (non-hydrogen) atoms. The first-order valence-corrected chi connectivity index (χ1v) is 15.6. The molecule has 4 amide bonds. The largest absolute Gasteiger partial charge is 0.514 e.